The summed E-state index contributed by atoms with van der Waals surface area (Å²) in [7, 11) is 3.94. The smallest absolute Gasteiger partial charge is 0.253 e. The first kappa shape index (κ1) is 19.2. The van der Waals surface area contributed by atoms with E-state index in [2.05, 4.69) is 0 Å². The summed E-state index contributed by atoms with van der Waals surface area (Å²) >= 11 is 6.00. The van der Waals surface area contributed by atoms with Crippen molar-refractivity contribution >= 4 is 29.1 Å². The van der Waals surface area contributed by atoms with Crippen LogP contribution in [0, 0.1) is 0 Å². The molecule has 0 N–H and O–H groups in total. The first-order valence-corrected chi connectivity index (χ1v) is 9.45. The van der Waals surface area contributed by atoms with Gasteiger partial charge >= 0.3 is 0 Å². The second-order valence-electron chi connectivity index (χ2n) is 6.89. The second kappa shape index (κ2) is 8.44. The van der Waals surface area contributed by atoms with Crippen LogP contribution in [0.4, 0.5) is 5.69 Å². The molecule has 1 aliphatic rings. The lowest BCUT2D eigenvalue weighted by Gasteiger charge is -2.22. The van der Waals surface area contributed by atoms with E-state index in [9.17, 15) is 9.59 Å². The monoisotopic (exact) mass is 385 g/mol. The van der Waals surface area contributed by atoms with E-state index in [1.54, 1.807) is 29.2 Å². The Balaban J connectivity index is 1.65. The summed E-state index contributed by atoms with van der Waals surface area (Å²) in [4.78, 5) is 31.2. The van der Waals surface area contributed by atoms with E-state index < -0.39 is 0 Å². The van der Waals surface area contributed by atoms with Gasteiger partial charge in [-0.15, -0.1) is 0 Å². The molecule has 2 aromatic carbocycles. The molecule has 2 aromatic rings. The molecule has 142 valence electrons. The SMILES string of the molecule is CN(C)c1ccc(C(=O)N2CCCN(C(=O)c3cccc(Cl)c3)CC2)cc1. The Morgan fingerprint density at radius 3 is 2.00 bits per heavy atom. The molecule has 0 saturated carbocycles. The van der Waals surface area contributed by atoms with Gasteiger partial charge < -0.3 is 14.7 Å². The van der Waals surface area contributed by atoms with Gasteiger partial charge in [0.2, 0.25) is 0 Å². The van der Waals surface area contributed by atoms with Crippen molar-refractivity contribution in [3.05, 3.63) is 64.7 Å². The molecule has 27 heavy (non-hydrogen) atoms. The topological polar surface area (TPSA) is 43.9 Å². The first-order valence-electron chi connectivity index (χ1n) is 9.07. The molecule has 1 heterocycles. The average Bonchev–Trinajstić information content (AvgIpc) is 2.93. The molecule has 0 aliphatic carbocycles. The molecule has 0 aromatic heterocycles. The van der Waals surface area contributed by atoms with Crippen molar-refractivity contribution < 1.29 is 9.59 Å². The van der Waals surface area contributed by atoms with Gasteiger partial charge in [0.25, 0.3) is 11.8 Å². The van der Waals surface area contributed by atoms with Crippen molar-refractivity contribution in [2.24, 2.45) is 0 Å². The molecule has 0 unspecified atom stereocenters. The fraction of sp³-hybridized carbons (Fsp3) is 0.333. The quantitative estimate of drug-likeness (QED) is 0.813. The van der Waals surface area contributed by atoms with Crippen molar-refractivity contribution in [2.45, 2.75) is 6.42 Å². The number of amides is 2. The molecule has 1 saturated heterocycles. The fourth-order valence-corrected chi connectivity index (χ4v) is 3.40. The number of carbonyl (C=O) groups is 2. The molecule has 1 fully saturated rings. The van der Waals surface area contributed by atoms with Crippen molar-refractivity contribution in [1.29, 1.82) is 0 Å². The Morgan fingerprint density at radius 1 is 0.852 bits per heavy atom. The number of rotatable bonds is 3. The molecule has 5 nitrogen and oxygen atoms in total. The average molecular weight is 386 g/mol. The maximum absolute atomic E-state index is 12.8. The lowest BCUT2D eigenvalue weighted by molar-refractivity contribution is 0.0719. The van der Waals surface area contributed by atoms with Crippen LogP contribution in [0.3, 0.4) is 0 Å². The number of halogens is 1. The van der Waals surface area contributed by atoms with E-state index in [1.165, 1.54) is 0 Å². The molecular weight excluding hydrogens is 362 g/mol. The summed E-state index contributed by atoms with van der Waals surface area (Å²) in [6.45, 7) is 2.33. The Labute approximate surface area is 165 Å². The Morgan fingerprint density at radius 2 is 1.44 bits per heavy atom. The van der Waals surface area contributed by atoms with Gasteiger partial charge in [-0.1, -0.05) is 17.7 Å². The number of benzene rings is 2. The zero-order valence-electron chi connectivity index (χ0n) is 15.7. The van der Waals surface area contributed by atoms with Crippen LogP contribution >= 0.6 is 11.6 Å². The van der Waals surface area contributed by atoms with Crippen molar-refractivity contribution in [3.8, 4) is 0 Å². The molecule has 3 rings (SSSR count). The predicted molar refractivity (Wildman–Crippen MR) is 109 cm³/mol. The largest absolute Gasteiger partial charge is 0.378 e. The summed E-state index contributed by atoms with van der Waals surface area (Å²) in [6.07, 6.45) is 0.758. The number of carbonyl (C=O) groups excluding carboxylic acids is 2. The van der Waals surface area contributed by atoms with Crippen molar-refractivity contribution in [3.63, 3.8) is 0 Å². The van der Waals surface area contributed by atoms with Crippen LogP contribution in [-0.4, -0.2) is 61.9 Å². The molecule has 0 radical (unpaired) electrons. The molecule has 1 aliphatic heterocycles. The van der Waals surface area contributed by atoms with E-state index in [4.69, 9.17) is 11.6 Å². The summed E-state index contributed by atoms with van der Waals surface area (Å²) in [5.74, 6) is -0.0282. The van der Waals surface area contributed by atoms with Crippen LogP contribution < -0.4 is 4.90 Å². The van der Waals surface area contributed by atoms with Crippen LogP contribution in [0.15, 0.2) is 48.5 Å². The van der Waals surface area contributed by atoms with Crippen LogP contribution in [0.5, 0.6) is 0 Å². The van der Waals surface area contributed by atoms with E-state index in [-0.39, 0.29) is 11.8 Å². The maximum atomic E-state index is 12.8. The van der Waals surface area contributed by atoms with Crippen LogP contribution in [0.2, 0.25) is 5.02 Å². The highest BCUT2D eigenvalue weighted by Gasteiger charge is 2.23. The van der Waals surface area contributed by atoms with Gasteiger partial charge in [0, 0.05) is 62.1 Å². The molecule has 0 bridgehead atoms. The third-order valence-corrected chi connectivity index (χ3v) is 5.01. The molecule has 0 spiro atoms. The zero-order chi connectivity index (χ0) is 19.4. The second-order valence-corrected chi connectivity index (χ2v) is 7.33. The van der Waals surface area contributed by atoms with E-state index in [0.29, 0.717) is 42.3 Å². The molecule has 6 heteroatoms. The van der Waals surface area contributed by atoms with Gasteiger partial charge in [0.05, 0.1) is 0 Å². The minimum Gasteiger partial charge on any atom is -0.378 e. The minimum absolute atomic E-state index is 0.0114. The van der Waals surface area contributed by atoms with Crippen molar-refractivity contribution in [2.75, 3.05) is 45.2 Å². The van der Waals surface area contributed by atoms with Gasteiger partial charge in [-0.2, -0.15) is 0 Å². The Bertz CT molecular complexity index is 820. The normalized spacial score (nSPS) is 14.6. The van der Waals surface area contributed by atoms with Gasteiger partial charge in [-0.25, -0.2) is 0 Å². The third-order valence-electron chi connectivity index (χ3n) is 4.77. The molecule has 0 atom stereocenters. The Kier molecular flexibility index (Phi) is 6.01. The number of hydrogen-bond acceptors (Lipinski definition) is 3. The number of hydrogen-bond donors (Lipinski definition) is 0. The van der Waals surface area contributed by atoms with E-state index in [0.717, 1.165) is 12.1 Å². The third kappa shape index (κ3) is 4.61. The first-order chi connectivity index (χ1) is 13.0. The van der Waals surface area contributed by atoms with E-state index in [1.807, 2.05) is 48.2 Å². The highest BCUT2D eigenvalue weighted by Crippen LogP contribution is 2.17. The highest BCUT2D eigenvalue weighted by molar-refractivity contribution is 6.30. The maximum Gasteiger partial charge on any atom is 0.253 e. The number of anilines is 1. The lowest BCUT2D eigenvalue weighted by Crippen LogP contribution is -2.37. The minimum atomic E-state index is -0.0397. The molecular formula is C21H24ClN3O2. The van der Waals surface area contributed by atoms with Crippen LogP contribution in [0.1, 0.15) is 27.1 Å². The van der Waals surface area contributed by atoms with Gasteiger partial charge in [-0.3, -0.25) is 9.59 Å². The van der Waals surface area contributed by atoms with Gasteiger partial charge in [0.1, 0.15) is 0 Å². The summed E-state index contributed by atoms with van der Waals surface area (Å²) < 4.78 is 0. The highest BCUT2D eigenvalue weighted by atomic mass is 35.5. The predicted octanol–water partition coefficient (Wildman–Crippen LogP) is 3.39. The Hall–Kier alpha value is -2.53. The van der Waals surface area contributed by atoms with Gasteiger partial charge in [-0.05, 0) is 48.9 Å². The molecule has 2 amide bonds. The number of nitrogens with zero attached hydrogens (tertiary/aromatic N) is 3. The summed E-state index contributed by atoms with van der Waals surface area (Å²) in [5.41, 5.74) is 2.32. The van der Waals surface area contributed by atoms with Gasteiger partial charge in [0.15, 0.2) is 0 Å². The summed E-state index contributed by atoms with van der Waals surface area (Å²) in [6, 6.07) is 14.6. The zero-order valence-corrected chi connectivity index (χ0v) is 16.4. The van der Waals surface area contributed by atoms with Crippen LogP contribution in [-0.2, 0) is 0 Å². The van der Waals surface area contributed by atoms with Crippen LogP contribution in [0.25, 0.3) is 0 Å². The van der Waals surface area contributed by atoms with Crippen molar-refractivity contribution in [1.82, 2.24) is 9.80 Å². The van der Waals surface area contributed by atoms with E-state index >= 15 is 0 Å². The summed E-state index contributed by atoms with van der Waals surface area (Å²) in [5, 5.41) is 0.550. The lowest BCUT2D eigenvalue weighted by atomic mass is 10.1. The fourth-order valence-electron chi connectivity index (χ4n) is 3.21. The standard InChI is InChI=1S/C21H24ClN3O2/c1-23(2)19-9-7-16(8-10-19)20(26)24-11-4-12-25(14-13-24)21(27)17-5-3-6-18(22)15-17/h3,5-10,15H,4,11-14H2,1-2H3.